The maximum Gasteiger partial charge on any atom is 0.166 e. The molecule has 2 aliphatic rings. The van der Waals surface area contributed by atoms with Gasteiger partial charge in [-0.1, -0.05) is 28.9 Å². The number of hydrogen-bond acceptors (Lipinski definition) is 1. The molecule has 0 bridgehead atoms. The van der Waals surface area contributed by atoms with Gasteiger partial charge in [-0.15, -0.1) is 0 Å². The van der Waals surface area contributed by atoms with Crippen molar-refractivity contribution in [2.75, 3.05) is 0 Å². The summed E-state index contributed by atoms with van der Waals surface area (Å²) in [4.78, 5) is 11.9. The Morgan fingerprint density at radius 1 is 1.43 bits per heavy atom. The van der Waals surface area contributed by atoms with Gasteiger partial charge in [0.2, 0.25) is 0 Å². The number of Topliss-reactive ketones (excluding diaryl/α,β-unsaturated/α-hetero) is 1. The fourth-order valence-electron chi connectivity index (χ4n) is 2.64. The molecule has 1 fully saturated rings. The zero-order valence-electron chi connectivity index (χ0n) is 7.96. The zero-order valence-corrected chi connectivity index (χ0v) is 9.54. The molecular weight excluding hydrogens is 240 g/mol. The van der Waals surface area contributed by atoms with Crippen molar-refractivity contribution in [2.24, 2.45) is 11.8 Å². The Bertz CT molecular complexity index is 424. The van der Waals surface area contributed by atoms with E-state index < -0.39 is 0 Å². The first-order chi connectivity index (χ1) is 6.68. The SMILES string of the molecule is C[C@H]1c2ccc(Br)cc2C(=O)C2CC21. The lowest BCUT2D eigenvalue weighted by Crippen LogP contribution is -2.16. The van der Waals surface area contributed by atoms with Crippen LogP contribution in [0.5, 0.6) is 0 Å². The first kappa shape index (κ1) is 8.66. The van der Waals surface area contributed by atoms with Gasteiger partial charge >= 0.3 is 0 Å². The van der Waals surface area contributed by atoms with E-state index in [4.69, 9.17) is 0 Å². The molecule has 1 nitrogen and oxygen atoms in total. The molecule has 0 spiro atoms. The van der Waals surface area contributed by atoms with Crippen LogP contribution in [0.25, 0.3) is 0 Å². The van der Waals surface area contributed by atoms with Crippen LogP contribution in [0.2, 0.25) is 0 Å². The molecule has 0 radical (unpaired) electrons. The molecule has 3 rings (SSSR count). The van der Waals surface area contributed by atoms with Gasteiger partial charge in [0, 0.05) is 16.0 Å². The molecule has 1 aromatic carbocycles. The molecule has 1 saturated carbocycles. The number of halogens is 1. The highest BCUT2D eigenvalue weighted by Crippen LogP contribution is 2.54. The van der Waals surface area contributed by atoms with Crippen molar-refractivity contribution in [3.05, 3.63) is 33.8 Å². The van der Waals surface area contributed by atoms with Crippen LogP contribution in [0.15, 0.2) is 22.7 Å². The van der Waals surface area contributed by atoms with Gasteiger partial charge in [0.1, 0.15) is 0 Å². The fourth-order valence-corrected chi connectivity index (χ4v) is 3.00. The summed E-state index contributed by atoms with van der Waals surface area (Å²) in [6.45, 7) is 2.24. The monoisotopic (exact) mass is 250 g/mol. The maximum atomic E-state index is 11.9. The van der Waals surface area contributed by atoms with Gasteiger partial charge in [0.25, 0.3) is 0 Å². The number of rotatable bonds is 0. The molecule has 2 aliphatic carbocycles. The Hall–Kier alpha value is -0.630. The van der Waals surface area contributed by atoms with Crippen LogP contribution in [-0.4, -0.2) is 5.78 Å². The van der Waals surface area contributed by atoms with E-state index in [9.17, 15) is 4.79 Å². The first-order valence-corrected chi connectivity index (χ1v) is 5.81. The average Bonchev–Trinajstić information content (AvgIpc) is 2.94. The molecule has 0 amide bonds. The van der Waals surface area contributed by atoms with Crippen LogP contribution >= 0.6 is 15.9 Å². The van der Waals surface area contributed by atoms with Crippen LogP contribution in [0, 0.1) is 11.8 Å². The van der Waals surface area contributed by atoms with E-state index in [0.717, 1.165) is 16.5 Å². The summed E-state index contributed by atoms with van der Waals surface area (Å²) >= 11 is 3.42. The van der Waals surface area contributed by atoms with E-state index in [-0.39, 0.29) is 0 Å². The summed E-state index contributed by atoms with van der Waals surface area (Å²) in [6, 6.07) is 6.10. The number of benzene rings is 1. The number of hydrogen-bond donors (Lipinski definition) is 0. The fraction of sp³-hybridized carbons (Fsp3) is 0.417. The molecule has 0 N–H and O–H groups in total. The van der Waals surface area contributed by atoms with Crippen molar-refractivity contribution in [3.63, 3.8) is 0 Å². The summed E-state index contributed by atoms with van der Waals surface area (Å²) in [5.41, 5.74) is 2.20. The highest BCUT2D eigenvalue weighted by Gasteiger charge is 2.50. The third-order valence-corrected chi connectivity index (χ3v) is 4.08. The summed E-state index contributed by atoms with van der Waals surface area (Å²) in [6.07, 6.45) is 1.10. The molecule has 0 saturated heterocycles. The molecule has 72 valence electrons. The number of carbonyl (C=O) groups is 1. The predicted octanol–water partition coefficient (Wildman–Crippen LogP) is 3.39. The van der Waals surface area contributed by atoms with E-state index in [0.29, 0.717) is 23.5 Å². The number of ketones is 1. The first-order valence-electron chi connectivity index (χ1n) is 5.02. The molecule has 0 aliphatic heterocycles. The lowest BCUT2D eigenvalue weighted by Gasteiger charge is -2.20. The van der Waals surface area contributed by atoms with Crippen LogP contribution in [0.3, 0.4) is 0 Å². The molecule has 14 heavy (non-hydrogen) atoms. The Kier molecular flexibility index (Phi) is 1.67. The summed E-state index contributed by atoms with van der Waals surface area (Å²) in [5, 5.41) is 0. The van der Waals surface area contributed by atoms with Gasteiger partial charge in [0.05, 0.1) is 0 Å². The van der Waals surface area contributed by atoms with Gasteiger partial charge in [-0.2, -0.15) is 0 Å². The van der Waals surface area contributed by atoms with Gasteiger partial charge in [-0.25, -0.2) is 0 Å². The van der Waals surface area contributed by atoms with E-state index >= 15 is 0 Å². The molecular formula is C12H11BrO. The van der Waals surface area contributed by atoms with E-state index in [2.05, 4.69) is 28.9 Å². The number of carbonyl (C=O) groups excluding carboxylic acids is 1. The topological polar surface area (TPSA) is 17.1 Å². The third kappa shape index (κ3) is 1.04. The Morgan fingerprint density at radius 2 is 2.21 bits per heavy atom. The molecule has 0 aromatic heterocycles. The van der Waals surface area contributed by atoms with Crippen molar-refractivity contribution >= 4 is 21.7 Å². The molecule has 2 heteroatoms. The Labute approximate surface area is 91.6 Å². The minimum atomic E-state index is 0.340. The quantitative estimate of drug-likeness (QED) is 0.690. The van der Waals surface area contributed by atoms with Crippen molar-refractivity contribution in [2.45, 2.75) is 19.3 Å². The highest BCUT2D eigenvalue weighted by atomic mass is 79.9. The van der Waals surface area contributed by atoms with Crippen molar-refractivity contribution in [1.29, 1.82) is 0 Å². The summed E-state index contributed by atoms with van der Waals surface area (Å²) in [5.74, 6) is 1.91. The smallest absolute Gasteiger partial charge is 0.166 e. The zero-order chi connectivity index (χ0) is 9.87. The van der Waals surface area contributed by atoms with E-state index in [1.165, 1.54) is 5.56 Å². The second-order valence-electron chi connectivity index (χ2n) is 4.39. The van der Waals surface area contributed by atoms with Crippen LogP contribution in [-0.2, 0) is 0 Å². The van der Waals surface area contributed by atoms with Crippen LogP contribution in [0.4, 0.5) is 0 Å². The molecule has 0 heterocycles. The summed E-state index contributed by atoms with van der Waals surface area (Å²) in [7, 11) is 0. The van der Waals surface area contributed by atoms with E-state index in [1.807, 2.05) is 12.1 Å². The Balaban J connectivity index is 2.20. The largest absolute Gasteiger partial charge is 0.294 e. The van der Waals surface area contributed by atoms with Crippen molar-refractivity contribution in [3.8, 4) is 0 Å². The molecule has 1 aromatic rings. The number of fused-ring (bicyclic) bond motifs is 2. The normalized spacial score (nSPS) is 33.6. The standard InChI is InChI=1S/C12H11BrO/c1-6-8-3-2-7(13)4-10(8)12(14)11-5-9(6)11/h2-4,6,9,11H,5H2,1H3/t6-,9?,11?/m0/s1. The summed E-state index contributed by atoms with van der Waals surface area (Å²) < 4.78 is 1.01. The van der Waals surface area contributed by atoms with Crippen molar-refractivity contribution in [1.82, 2.24) is 0 Å². The van der Waals surface area contributed by atoms with Crippen LogP contribution < -0.4 is 0 Å². The lowest BCUT2D eigenvalue weighted by molar-refractivity contribution is 0.0950. The van der Waals surface area contributed by atoms with Gasteiger partial charge < -0.3 is 0 Å². The van der Waals surface area contributed by atoms with Crippen molar-refractivity contribution < 1.29 is 4.79 Å². The minimum Gasteiger partial charge on any atom is -0.294 e. The predicted molar refractivity (Wildman–Crippen MR) is 58.5 cm³/mol. The third-order valence-electron chi connectivity index (χ3n) is 3.59. The Morgan fingerprint density at radius 3 is 3.00 bits per heavy atom. The van der Waals surface area contributed by atoms with Gasteiger partial charge in [0.15, 0.2) is 5.78 Å². The molecule has 3 atom stereocenters. The van der Waals surface area contributed by atoms with Gasteiger partial charge in [-0.3, -0.25) is 4.79 Å². The minimum absolute atomic E-state index is 0.340. The van der Waals surface area contributed by atoms with E-state index in [1.54, 1.807) is 0 Å². The second kappa shape index (κ2) is 2.69. The lowest BCUT2D eigenvalue weighted by atomic mass is 9.83. The maximum absolute atomic E-state index is 11.9. The second-order valence-corrected chi connectivity index (χ2v) is 5.31. The van der Waals surface area contributed by atoms with Crippen LogP contribution in [0.1, 0.15) is 35.2 Å². The molecule has 2 unspecified atom stereocenters. The highest BCUT2D eigenvalue weighted by molar-refractivity contribution is 9.10. The van der Waals surface area contributed by atoms with Gasteiger partial charge in [-0.05, 0) is 36.0 Å². The average molecular weight is 251 g/mol.